The molecular weight excluding hydrogens is 272 g/mol. The van der Waals surface area contributed by atoms with Crippen molar-refractivity contribution in [3.05, 3.63) is 11.7 Å². The fourth-order valence-corrected chi connectivity index (χ4v) is 1.60. The number of aromatic nitrogens is 2. The molecule has 0 saturated carbocycles. The van der Waals surface area contributed by atoms with Crippen molar-refractivity contribution < 1.29 is 17.7 Å². The molecule has 0 bridgehead atoms. The number of nitrogens with zero attached hydrogens (tertiary/aromatic N) is 2. The van der Waals surface area contributed by atoms with Gasteiger partial charge in [-0.15, -0.1) is 0 Å². The van der Waals surface area contributed by atoms with Gasteiger partial charge in [0.25, 0.3) is 0 Å². The molecule has 0 aliphatic carbocycles. The van der Waals surface area contributed by atoms with Crippen LogP contribution < -0.4 is 10.0 Å². The summed E-state index contributed by atoms with van der Waals surface area (Å²) < 4.78 is 28.8. The van der Waals surface area contributed by atoms with Crippen molar-refractivity contribution in [1.29, 1.82) is 0 Å². The fraction of sp³-hybridized carbons (Fsp3) is 0.700. The Morgan fingerprint density at radius 1 is 1.37 bits per heavy atom. The number of amides is 1. The quantitative estimate of drug-likeness (QED) is 0.757. The van der Waals surface area contributed by atoms with Crippen LogP contribution >= 0.6 is 0 Å². The van der Waals surface area contributed by atoms with Crippen LogP contribution in [0, 0.1) is 0 Å². The SMILES string of the molecule is CC(C)c1noc([C@@H](C)NC(=O)CNS(C)(=O)=O)n1. The van der Waals surface area contributed by atoms with Gasteiger partial charge in [0, 0.05) is 5.92 Å². The topological polar surface area (TPSA) is 114 Å². The fourth-order valence-electron chi connectivity index (χ4n) is 1.21. The third kappa shape index (κ3) is 5.35. The predicted molar refractivity (Wildman–Crippen MR) is 67.8 cm³/mol. The molecule has 9 heteroatoms. The second-order valence-corrected chi connectivity index (χ2v) is 6.36. The minimum absolute atomic E-state index is 0.132. The Hall–Kier alpha value is -1.48. The average molecular weight is 290 g/mol. The molecule has 0 fully saturated rings. The standard InChI is InChI=1S/C10H18N4O4S/c1-6(2)9-13-10(18-14-9)7(3)12-8(15)5-11-19(4,16)17/h6-7,11H,5H2,1-4H3,(H,12,15)/t7-/m1/s1. The van der Waals surface area contributed by atoms with Gasteiger partial charge >= 0.3 is 0 Å². The molecule has 19 heavy (non-hydrogen) atoms. The molecule has 0 aliphatic rings. The van der Waals surface area contributed by atoms with Gasteiger partial charge in [-0.05, 0) is 6.92 Å². The summed E-state index contributed by atoms with van der Waals surface area (Å²) in [7, 11) is -3.39. The van der Waals surface area contributed by atoms with E-state index in [-0.39, 0.29) is 18.4 Å². The number of carbonyl (C=O) groups is 1. The summed E-state index contributed by atoms with van der Waals surface area (Å²) in [4.78, 5) is 15.6. The lowest BCUT2D eigenvalue weighted by Gasteiger charge is -2.09. The summed E-state index contributed by atoms with van der Waals surface area (Å²) in [5.41, 5.74) is 0. The van der Waals surface area contributed by atoms with E-state index < -0.39 is 22.0 Å². The molecule has 0 aromatic carbocycles. The Morgan fingerprint density at radius 2 is 2.00 bits per heavy atom. The van der Waals surface area contributed by atoms with E-state index >= 15 is 0 Å². The van der Waals surface area contributed by atoms with Crippen LogP contribution in [0.5, 0.6) is 0 Å². The number of hydrogen-bond acceptors (Lipinski definition) is 6. The first-order chi connectivity index (χ1) is 8.69. The first-order valence-electron chi connectivity index (χ1n) is 5.76. The van der Waals surface area contributed by atoms with Crippen molar-refractivity contribution in [2.24, 2.45) is 0 Å². The zero-order valence-corrected chi connectivity index (χ0v) is 12.1. The Morgan fingerprint density at radius 3 is 2.47 bits per heavy atom. The third-order valence-corrected chi connectivity index (χ3v) is 2.89. The van der Waals surface area contributed by atoms with Crippen molar-refractivity contribution in [1.82, 2.24) is 20.2 Å². The summed E-state index contributed by atoms with van der Waals surface area (Å²) in [6, 6.07) is -0.478. The van der Waals surface area contributed by atoms with Gasteiger partial charge in [-0.3, -0.25) is 4.79 Å². The van der Waals surface area contributed by atoms with Crippen molar-refractivity contribution in [2.75, 3.05) is 12.8 Å². The number of rotatable bonds is 6. The van der Waals surface area contributed by atoms with Gasteiger partial charge < -0.3 is 9.84 Å². The van der Waals surface area contributed by atoms with E-state index in [4.69, 9.17) is 4.52 Å². The highest BCUT2D eigenvalue weighted by Crippen LogP contribution is 2.14. The molecule has 1 aromatic heterocycles. The molecule has 2 N–H and O–H groups in total. The lowest BCUT2D eigenvalue weighted by Crippen LogP contribution is -2.37. The van der Waals surface area contributed by atoms with Gasteiger partial charge in [0.05, 0.1) is 12.8 Å². The lowest BCUT2D eigenvalue weighted by atomic mass is 10.2. The van der Waals surface area contributed by atoms with Crippen molar-refractivity contribution in [2.45, 2.75) is 32.7 Å². The van der Waals surface area contributed by atoms with E-state index in [1.54, 1.807) is 6.92 Å². The van der Waals surface area contributed by atoms with Gasteiger partial charge in [-0.25, -0.2) is 13.1 Å². The van der Waals surface area contributed by atoms with E-state index in [0.29, 0.717) is 5.82 Å². The molecule has 1 amide bonds. The van der Waals surface area contributed by atoms with E-state index in [9.17, 15) is 13.2 Å². The van der Waals surface area contributed by atoms with Crippen molar-refractivity contribution in [3.63, 3.8) is 0 Å². The second kappa shape index (κ2) is 6.11. The van der Waals surface area contributed by atoms with Crippen LogP contribution in [0.15, 0.2) is 4.52 Å². The Balaban J connectivity index is 2.54. The highest BCUT2D eigenvalue weighted by molar-refractivity contribution is 7.88. The highest BCUT2D eigenvalue weighted by Gasteiger charge is 2.18. The molecule has 0 radical (unpaired) electrons. The molecule has 8 nitrogen and oxygen atoms in total. The number of hydrogen-bond donors (Lipinski definition) is 2. The molecule has 0 spiro atoms. The molecule has 0 saturated heterocycles. The lowest BCUT2D eigenvalue weighted by molar-refractivity contribution is -0.120. The molecule has 0 unspecified atom stereocenters. The first kappa shape index (κ1) is 15.6. The molecular formula is C10H18N4O4S. The van der Waals surface area contributed by atoms with Crippen LogP contribution in [0.25, 0.3) is 0 Å². The maximum absolute atomic E-state index is 11.5. The Labute approximate surface area is 112 Å². The minimum Gasteiger partial charge on any atom is -0.343 e. The van der Waals surface area contributed by atoms with E-state index in [2.05, 4.69) is 20.2 Å². The van der Waals surface area contributed by atoms with Gasteiger partial charge in [0.15, 0.2) is 5.82 Å². The molecule has 1 atom stereocenters. The van der Waals surface area contributed by atoms with Crippen LogP contribution in [0.4, 0.5) is 0 Å². The van der Waals surface area contributed by atoms with Crippen LogP contribution in [-0.2, 0) is 14.8 Å². The monoisotopic (exact) mass is 290 g/mol. The van der Waals surface area contributed by atoms with Gasteiger partial charge in [0.2, 0.25) is 21.8 Å². The summed E-state index contributed by atoms with van der Waals surface area (Å²) in [5, 5.41) is 6.34. The number of sulfonamides is 1. The van der Waals surface area contributed by atoms with Crippen LogP contribution in [0.2, 0.25) is 0 Å². The summed E-state index contributed by atoms with van der Waals surface area (Å²) in [5.74, 6) is 0.510. The van der Waals surface area contributed by atoms with E-state index in [1.807, 2.05) is 13.8 Å². The third-order valence-electron chi connectivity index (χ3n) is 2.22. The van der Waals surface area contributed by atoms with E-state index in [0.717, 1.165) is 6.26 Å². The Bertz CT molecular complexity index is 537. The van der Waals surface area contributed by atoms with Crippen LogP contribution in [0.1, 0.15) is 44.4 Å². The normalized spacial score (nSPS) is 13.5. The number of nitrogens with one attached hydrogen (secondary N) is 2. The Kier molecular flexibility index (Phi) is 5.01. The maximum atomic E-state index is 11.5. The number of carbonyl (C=O) groups excluding carboxylic acids is 1. The van der Waals surface area contributed by atoms with Crippen molar-refractivity contribution in [3.8, 4) is 0 Å². The van der Waals surface area contributed by atoms with E-state index in [1.165, 1.54) is 0 Å². The molecule has 1 rings (SSSR count). The molecule has 108 valence electrons. The largest absolute Gasteiger partial charge is 0.343 e. The van der Waals surface area contributed by atoms with Gasteiger partial charge in [-0.1, -0.05) is 19.0 Å². The zero-order valence-electron chi connectivity index (χ0n) is 11.3. The van der Waals surface area contributed by atoms with Crippen LogP contribution in [-0.4, -0.2) is 37.3 Å². The summed E-state index contributed by atoms with van der Waals surface area (Å²) >= 11 is 0. The zero-order chi connectivity index (χ0) is 14.6. The smallest absolute Gasteiger partial charge is 0.248 e. The second-order valence-electron chi connectivity index (χ2n) is 4.53. The average Bonchev–Trinajstić information content (AvgIpc) is 2.74. The minimum atomic E-state index is -3.39. The summed E-state index contributed by atoms with van der Waals surface area (Å²) in [6.45, 7) is 5.20. The predicted octanol–water partition coefficient (Wildman–Crippen LogP) is -0.0806. The van der Waals surface area contributed by atoms with Crippen molar-refractivity contribution >= 4 is 15.9 Å². The van der Waals surface area contributed by atoms with Gasteiger partial charge in [0.1, 0.15) is 6.04 Å². The van der Waals surface area contributed by atoms with Gasteiger partial charge in [-0.2, -0.15) is 4.98 Å². The van der Waals surface area contributed by atoms with Crippen LogP contribution in [0.3, 0.4) is 0 Å². The maximum Gasteiger partial charge on any atom is 0.248 e. The molecule has 1 aromatic rings. The molecule has 0 aliphatic heterocycles. The highest BCUT2D eigenvalue weighted by atomic mass is 32.2. The molecule has 1 heterocycles. The first-order valence-corrected chi connectivity index (χ1v) is 7.65. The summed E-state index contributed by atoms with van der Waals surface area (Å²) in [6.07, 6.45) is 0.983.